The van der Waals surface area contributed by atoms with Gasteiger partial charge in [-0.05, 0) is 74.5 Å². The number of carbonyl (C=O) groups excluding carboxylic acids is 2. The lowest BCUT2D eigenvalue weighted by molar-refractivity contribution is -0.145. The Balaban J connectivity index is 1.41. The summed E-state index contributed by atoms with van der Waals surface area (Å²) >= 11 is 0. The number of aliphatic hydroxyl groups is 1. The molecule has 0 saturated heterocycles. The molecule has 0 unspecified atom stereocenters. The summed E-state index contributed by atoms with van der Waals surface area (Å²) in [6.45, 7) is 6.56. The van der Waals surface area contributed by atoms with Crippen molar-refractivity contribution in [2.24, 2.45) is 35.0 Å². The van der Waals surface area contributed by atoms with E-state index in [1.54, 1.807) is 0 Å². The fraction of sp³-hybridized carbons (Fsp3) is 0.926. The molecule has 4 fully saturated rings. The Morgan fingerprint density at radius 3 is 2.22 bits per heavy atom. The number of rotatable bonds is 5. The van der Waals surface area contributed by atoms with E-state index < -0.39 is 6.10 Å². The predicted molar refractivity (Wildman–Crippen MR) is 127 cm³/mol. The van der Waals surface area contributed by atoms with E-state index in [0.717, 1.165) is 51.4 Å². The first kappa shape index (κ1) is 24.0. The highest BCUT2D eigenvalue weighted by Gasteiger charge is 2.54. The van der Waals surface area contributed by atoms with Crippen molar-refractivity contribution in [1.29, 1.82) is 0 Å². The number of hydrogen-bond donors (Lipinski definition) is 3. The fourth-order valence-electron chi connectivity index (χ4n) is 7.76. The molecule has 7 atom stereocenters. The lowest BCUT2D eigenvalue weighted by Crippen LogP contribution is -2.59. The topological polar surface area (TPSA) is 78.4 Å². The van der Waals surface area contributed by atoms with Gasteiger partial charge in [-0.1, -0.05) is 52.9 Å². The molecule has 0 bridgehead atoms. The summed E-state index contributed by atoms with van der Waals surface area (Å²) < 4.78 is 0. The molecule has 0 aromatic heterocycles. The van der Waals surface area contributed by atoms with Crippen molar-refractivity contribution < 1.29 is 14.7 Å². The Kier molecular flexibility index (Phi) is 7.53. The van der Waals surface area contributed by atoms with E-state index >= 15 is 0 Å². The van der Waals surface area contributed by atoms with Crippen LogP contribution >= 0.6 is 0 Å². The molecule has 4 aliphatic rings. The minimum Gasteiger partial charge on any atom is -0.392 e. The summed E-state index contributed by atoms with van der Waals surface area (Å²) in [6, 6.07) is 0.461. The van der Waals surface area contributed by atoms with Gasteiger partial charge in [0.15, 0.2) is 0 Å². The van der Waals surface area contributed by atoms with Gasteiger partial charge in [0.1, 0.15) is 0 Å². The van der Waals surface area contributed by atoms with Gasteiger partial charge in [0, 0.05) is 23.9 Å². The molecule has 4 saturated carbocycles. The molecule has 5 nitrogen and oxygen atoms in total. The van der Waals surface area contributed by atoms with Gasteiger partial charge in [-0.15, -0.1) is 0 Å². The van der Waals surface area contributed by atoms with Crippen LogP contribution in [0.4, 0.5) is 0 Å². The lowest BCUT2D eigenvalue weighted by Gasteiger charge is -2.56. The van der Waals surface area contributed by atoms with Gasteiger partial charge < -0.3 is 15.7 Å². The van der Waals surface area contributed by atoms with Gasteiger partial charge in [-0.2, -0.15) is 0 Å². The lowest BCUT2D eigenvalue weighted by atomic mass is 9.51. The van der Waals surface area contributed by atoms with Crippen molar-refractivity contribution in [2.75, 3.05) is 0 Å². The molecule has 0 radical (unpaired) electrons. The quantitative estimate of drug-likeness (QED) is 0.579. The van der Waals surface area contributed by atoms with Crippen LogP contribution in [0.5, 0.6) is 0 Å². The minimum atomic E-state index is -0.484. The third-order valence-corrected chi connectivity index (χ3v) is 9.95. The average molecular weight is 447 g/mol. The zero-order chi connectivity index (χ0) is 22.9. The molecule has 32 heavy (non-hydrogen) atoms. The van der Waals surface area contributed by atoms with Gasteiger partial charge >= 0.3 is 0 Å². The smallest absolute Gasteiger partial charge is 0.223 e. The highest BCUT2D eigenvalue weighted by molar-refractivity contribution is 5.79. The van der Waals surface area contributed by atoms with Crippen molar-refractivity contribution in [1.82, 2.24) is 10.6 Å². The van der Waals surface area contributed by atoms with Gasteiger partial charge in [0.25, 0.3) is 0 Å². The highest BCUT2D eigenvalue weighted by Crippen LogP contribution is 2.55. The zero-order valence-corrected chi connectivity index (χ0v) is 20.6. The standard InChI is InChI=1S/C27H46N2O3/c1-17(25(31)28-20-11-7-8-12-20)21-13-15-27(3)16-14-22(18(2)23(27)24(21)30)29-26(32)19-9-5-4-6-10-19/h17-24,30H,4-16H2,1-3H3,(H,28,31)(H,29,32)/t17-,18+,21-,22-,23+,24-,27-/m0/s1. The third-order valence-electron chi connectivity index (χ3n) is 9.95. The second kappa shape index (κ2) is 10.0. The van der Waals surface area contributed by atoms with Gasteiger partial charge in [-0.3, -0.25) is 9.59 Å². The molecule has 0 aliphatic heterocycles. The fourth-order valence-corrected chi connectivity index (χ4v) is 7.76. The number of amides is 2. The Morgan fingerprint density at radius 2 is 1.53 bits per heavy atom. The maximum atomic E-state index is 13.0. The summed E-state index contributed by atoms with van der Waals surface area (Å²) in [5.41, 5.74) is 0.100. The molecule has 0 heterocycles. The largest absolute Gasteiger partial charge is 0.392 e. The summed E-state index contributed by atoms with van der Waals surface area (Å²) in [7, 11) is 0. The number of hydrogen-bond acceptors (Lipinski definition) is 3. The Morgan fingerprint density at radius 1 is 0.906 bits per heavy atom. The average Bonchev–Trinajstić information content (AvgIpc) is 3.29. The van der Waals surface area contributed by atoms with Crippen molar-refractivity contribution in [3.8, 4) is 0 Å². The van der Waals surface area contributed by atoms with Crippen molar-refractivity contribution in [2.45, 2.75) is 122 Å². The monoisotopic (exact) mass is 446 g/mol. The molecule has 0 aromatic carbocycles. The van der Waals surface area contributed by atoms with Gasteiger partial charge in [0.05, 0.1) is 6.10 Å². The van der Waals surface area contributed by atoms with Gasteiger partial charge in [-0.25, -0.2) is 0 Å². The van der Waals surface area contributed by atoms with Crippen molar-refractivity contribution in [3.05, 3.63) is 0 Å². The van der Waals surface area contributed by atoms with Crippen LogP contribution < -0.4 is 10.6 Å². The summed E-state index contributed by atoms with van der Waals surface area (Å²) in [6.07, 6.45) is 13.8. The van der Waals surface area contributed by atoms with E-state index in [1.165, 1.54) is 32.1 Å². The molecular formula is C27H46N2O3. The van der Waals surface area contributed by atoms with E-state index in [0.29, 0.717) is 6.04 Å². The summed E-state index contributed by atoms with van der Waals surface area (Å²) in [5.74, 6) is 0.723. The first-order valence-corrected chi connectivity index (χ1v) is 13.6. The molecule has 4 aliphatic carbocycles. The van der Waals surface area contributed by atoms with Crippen LogP contribution in [0.2, 0.25) is 0 Å². The minimum absolute atomic E-state index is 0.00437. The second-order valence-corrected chi connectivity index (χ2v) is 12.0. The highest BCUT2D eigenvalue weighted by atomic mass is 16.3. The van der Waals surface area contributed by atoms with Crippen LogP contribution in [0, 0.1) is 35.0 Å². The van der Waals surface area contributed by atoms with Crippen LogP contribution in [-0.2, 0) is 9.59 Å². The normalized spacial score (nSPS) is 39.8. The number of aliphatic hydroxyl groups excluding tert-OH is 1. The van der Waals surface area contributed by atoms with Crippen LogP contribution in [-0.4, -0.2) is 35.1 Å². The molecule has 2 amide bonds. The second-order valence-electron chi connectivity index (χ2n) is 12.0. The SMILES string of the molecule is C[C@H]1[C@@H]2[C@@H](O)[C@H]([C@H](C)C(=O)NC3CCCC3)CC[C@@]2(C)CC[C@@H]1NC(=O)C1CCCCC1. The Bertz CT molecular complexity index is 670. The molecule has 182 valence electrons. The van der Waals surface area contributed by atoms with Crippen molar-refractivity contribution >= 4 is 11.8 Å². The molecule has 5 heteroatoms. The summed E-state index contributed by atoms with van der Waals surface area (Å²) in [5, 5.41) is 18.2. The molecular weight excluding hydrogens is 400 g/mol. The van der Waals surface area contributed by atoms with E-state index in [-0.39, 0.29) is 52.9 Å². The van der Waals surface area contributed by atoms with Gasteiger partial charge in [0.2, 0.25) is 11.8 Å². The molecule has 3 N–H and O–H groups in total. The van der Waals surface area contributed by atoms with E-state index in [4.69, 9.17) is 0 Å². The Hall–Kier alpha value is -1.10. The first-order valence-electron chi connectivity index (χ1n) is 13.6. The van der Waals surface area contributed by atoms with Crippen molar-refractivity contribution in [3.63, 3.8) is 0 Å². The Labute approximate surface area is 194 Å². The zero-order valence-electron chi connectivity index (χ0n) is 20.6. The number of carbonyl (C=O) groups is 2. The van der Waals surface area contributed by atoms with E-state index in [9.17, 15) is 14.7 Å². The summed E-state index contributed by atoms with van der Waals surface area (Å²) in [4.78, 5) is 25.9. The molecule has 4 rings (SSSR count). The van der Waals surface area contributed by atoms with Crippen LogP contribution in [0.1, 0.15) is 104 Å². The van der Waals surface area contributed by atoms with E-state index in [1.807, 2.05) is 6.92 Å². The third kappa shape index (κ3) is 4.88. The predicted octanol–water partition coefficient (Wildman–Crippen LogP) is 4.57. The maximum absolute atomic E-state index is 13.0. The van der Waals surface area contributed by atoms with E-state index in [2.05, 4.69) is 24.5 Å². The molecule has 0 aromatic rings. The first-order chi connectivity index (χ1) is 15.3. The van der Waals surface area contributed by atoms with Crippen LogP contribution in [0.3, 0.4) is 0 Å². The number of fused-ring (bicyclic) bond motifs is 1. The van der Waals surface area contributed by atoms with Crippen LogP contribution in [0.15, 0.2) is 0 Å². The van der Waals surface area contributed by atoms with Crippen LogP contribution in [0.25, 0.3) is 0 Å². The molecule has 0 spiro atoms. The number of nitrogens with one attached hydrogen (secondary N) is 2. The maximum Gasteiger partial charge on any atom is 0.223 e.